The molecule has 7 heteroatoms. The van der Waals surface area contributed by atoms with Crippen molar-refractivity contribution < 1.29 is 18.3 Å². The molecule has 0 aliphatic carbocycles. The molecule has 1 aromatic rings. The molecule has 2 N–H and O–H groups in total. The second-order valence-corrected chi connectivity index (χ2v) is 4.87. The molecule has 1 heterocycles. The summed E-state index contributed by atoms with van der Waals surface area (Å²) in [6.07, 6.45) is 0.826. The minimum atomic E-state index is -2.85. The molecule has 0 saturated carbocycles. The van der Waals surface area contributed by atoms with E-state index in [1.165, 1.54) is 12.1 Å². The number of amides is 1. The van der Waals surface area contributed by atoms with E-state index in [9.17, 15) is 13.6 Å². The number of hydrogen-bond acceptors (Lipinski definition) is 3. The van der Waals surface area contributed by atoms with Crippen LogP contribution in [0.1, 0.15) is 24.9 Å². The van der Waals surface area contributed by atoms with Gasteiger partial charge >= 0.3 is 6.61 Å². The van der Waals surface area contributed by atoms with Crippen LogP contribution in [0.15, 0.2) is 24.3 Å². The number of nitrogens with one attached hydrogen (secondary N) is 2. The van der Waals surface area contributed by atoms with Gasteiger partial charge in [-0.3, -0.25) is 4.79 Å². The lowest BCUT2D eigenvalue weighted by Gasteiger charge is -2.17. The number of carbonyl (C=O) groups is 1. The molecule has 0 aromatic heterocycles. The SMILES string of the molecule is CC(NC(=O)C1CCNC1)c1cccc(OC(F)F)c1.Cl. The summed E-state index contributed by atoms with van der Waals surface area (Å²) >= 11 is 0. The molecule has 1 amide bonds. The van der Waals surface area contributed by atoms with E-state index in [1.54, 1.807) is 12.1 Å². The van der Waals surface area contributed by atoms with Gasteiger partial charge in [0.2, 0.25) is 5.91 Å². The largest absolute Gasteiger partial charge is 0.435 e. The van der Waals surface area contributed by atoms with Gasteiger partial charge in [-0.2, -0.15) is 8.78 Å². The highest BCUT2D eigenvalue weighted by Crippen LogP contribution is 2.21. The fraction of sp³-hybridized carbons (Fsp3) is 0.500. The first kappa shape index (κ1) is 17.7. The normalized spacial score (nSPS) is 19.0. The highest BCUT2D eigenvalue weighted by Gasteiger charge is 2.23. The van der Waals surface area contributed by atoms with Crippen molar-refractivity contribution in [3.63, 3.8) is 0 Å². The zero-order valence-corrected chi connectivity index (χ0v) is 12.5. The van der Waals surface area contributed by atoms with E-state index in [0.717, 1.165) is 18.5 Å². The Kier molecular flexibility index (Phi) is 6.84. The van der Waals surface area contributed by atoms with Crippen LogP contribution in [-0.4, -0.2) is 25.6 Å². The first-order valence-corrected chi connectivity index (χ1v) is 6.62. The molecule has 2 rings (SSSR count). The lowest BCUT2D eigenvalue weighted by atomic mass is 10.0. The average Bonchev–Trinajstić information content (AvgIpc) is 2.92. The first-order valence-electron chi connectivity index (χ1n) is 6.62. The van der Waals surface area contributed by atoms with E-state index < -0.39 is 6.61 Å². The number of alkyl halides is 2. The summed E-state index contributed by atoms with van der Waals surface area (Å²) in [6, 6.07) is 6.14. The Labute approximate surface area is 128 Å². The molecule has 0 radical (unpaired) electrons. The minimum absolute atomic E-state index is 0. The van der Waals surface area contributed by atoms with Gasteiger partial charge in [0, 0.05) is 6.54 Å². The fourth-order valence-corrected chi connectivity index (χ4v) is 2.25. The Bertz CT molecular complexity index is 468. The summed E-state index contributed by atoms with van der Waals surface area (Å²) in [6.45, 7) is 0.513. The Morgan fingerprint density at radius 1 is 1.48 bits per heavy atom. The molecule has 1 aliphatic heterocycles. The summed E-state index contributed by atoms with van der Waals surface area (Å²) < 4.78 is 28.7. The molecule has 2 unspecified atom stereocenters. The maximum absolute atomic E-state index is 12.2. The van der Waals surface area contributed by atoms with Crippen LogP contribution in [0.4, 0.5) is 8.78 Å². The predicted molar refractivity (Wildman–Crippen MR) is 77.9 cm³/mol. The van der Waals surface area contributed by atoms with Crippen molar-refractivity contribution in [2.75, 3.05) is 13.1 Å². The lowest BCUT2D eigenvalue weighted by molar-refractivity contribution is -0.125. The Morgan fingerprint density at radius 3 is 2.86 bits per heavy atom. The van der Waals surface area contributed by atoms with Gasteiger partial charge in [-0.05, 0) is 37.6 Å². The predicted octanol–water partition coefficient (Wildman–Crippen LogP) is 2.50. The summed E-state index contributed by atoms with van der Waals surface area (Å²) in [5.41, 5.74) is 0.738. The lowest BCUT2D eigenvalue weighted by Crippen LogP contribution is -2.33. The zero-order chi connectivity index (χ0) is 14.5. The smallest absolute Gasteiger partial charge is 0.387 e. The van der Waals surface area contributed by atoms with E-state index in [-0.39, 0.29) is 36.0 Å². The van der Waals surface area contributed by atoms with Gasteiger partial charge in [-0.1, -0.05) is 12.1 Å². The molecule has 0 bridgehead atoms. The van der Waals surface area contributed by atoms with Crippen molar-refractivity contribution in [3.05, 3.63) is 29.8 Å². The molecule has 1 aromatic carbocycles. The second kappa shape index (κ2) is 8.14. The Balaban J connectivity index is 0.00000220. The quantitative estimate of drug-likeness (QED) is 0.876. The number of rotatable bonds is 5. The summed E-state index contributed by atoms with van der Waals surface area (Å²) in [7, 11) is 0. The highest BCUT2D eigenvalue weighted by molar-refractivity contribution is 5.85. The third kappa shape index (κ3) is 5.13. The van der Waals surface area contributed by atoms with Crippen molar-refractivity contribution in [1.82, 2.24) is 10.6 Å². The standard InChI is InChI=1S/C14H18F2N2O2.ClH/c1-9(18-13(19)11-5-6-17-8-11)10-3-2-4-12(7-10)20-14(15)16;/h2-4,7,9,11,14,17H,5-6,8H2,1H3,(H,18,19);1H. The molecule has 0 spiro atoms. The van der Waals surface area contributed by atoms with E-state index in [1.807, 2.05) is 6.92 Å². The molecule has 2 atom stereocenters. The van der Waals surface area contributed by atoms with Gasteiger partial charge in [0.1, 0.15) is 5.75 Å². The van der Waals surface area contributed by atoms with Gasteiger partial charge in [0.15, 0.2) is 0 Å². The maximum atomic E-state index is 12.2. The van der Waals surface area contributed by atoms with Crippen molar-refractivity contribution in [2.24, 2.45) is 5.92 Å². The van der Waals surface area contributed by atoms with E-state index >= 15 is 0 Å². The van der Waals surface area contributed by atoms with Crippen LogP contribution in [0.25, 0.3) is 0 Å². The van der Waals surface area contributed by atoms with Gasteiger partial charge < -0.3 is 15.4 Å². The third-order valence-corrected chi connectivity index (χ3v) is 3.37. The van der Waals surface area contributed by atoms with Crippen LogP contribution in [0, 0.1) is 5.92 Å². The molecular weight excluding hydrogens is 302 g/mol. The van der Waals surface area contributed by atoms with Crippen LogP contribution in [0.3, 0.4) is 0 Å². The molecule has 1 fully saturated rings. The van der Waals surface area contributed by atoms with Gasteiger partial charge in [-0.25, -0.2) is 0 Å². The van der Waals surface area contributed by atoms with Gasteiger partial charge in [-0.15, -0.1) is 12.4 Å². The molecule has 1 saturated heterocycles. The monoisotopic (exact) mass is 320 g/mol. The second-order valence-electron chi connectivity index (χ2n) is 4.87. The molecule has 1 aliphatic rings. The number of benzene rings is 1. The summed E-state index contributed by atoms with van der Waals surface area (Å²) in [5.74, 6) is 0.0711. The highest BCUT2D eigenvalue weighted by atomic mass is 35.5. The van der Waals surface area contributed by atoms with Crippen molar-refractivity contribution in [2.45, 2.75) is 26.0 Å². The van der Waals surface area contributed by atoms with Crippen LogP contribution in [0.2, 0.25) is 0 Å². The number of halogens is 3. The van der Waals surface area contributed by atoms with Crippen molar-refractivity contribution in [3.8, 4) is 5.75 Å². The maximum Gasteiger partial charge on any atom is 0.387 e. The number of hydrogen-bond donors (Lipinski definition) is 2. The number of ether oxygens (including phenoxy) is 1. The van der Waals surface area contributed by atoms with Crippen LogP contribution < -0.4 is 15.4 Å². The van der Waals surface area contributed by atoms with Crippen LogP contribution in [0.5, 0.6) is 5.75 Å². The van der Waals surface area contributed by atoms with Crippen molar-refractivity contribution >= 4 is 18.3 Å². The Hall–Kier alpha value is -1.40. The van der Waals surface area contributed by atoms with Crippen LogP contribution in [-0.2, 0) is 4.79 Å². The van der Waals surface area contributed by atoms with Gasteiger partial charge in [0.25, 0.3) is 0 Å². The minimum Gasteiger partial charge on any atom is -0.435 e. The fourth-order valence-electron chi connectivity index (χ4n) is 2.25. The van der Waals surface area contributed by atoms with E-state index in [0.29, 0.717) is 6.54 Å². The van der Waals surface area contributed by atoms with Crippen LogP contribution >= 0.6 is 12.4 Å². The molecule has 21 heavy (non-hydrogen) atoms. The topological polar surface area (TPSA) is 50.4 Å². The summed E-state index contributed by atoms with van der Waals surface area (Å²) in [5, 5.41) is 6.03. The molecule has 4 nitrogen and oxygen atoms in total. The molecular formula is C14H19ClF2N2O2. The molecule has 118 valence electrons. The first-order chi connectivity index (χ1) is 9.56. The summed E-state index contributed by atoms with van der Waals surface area (Å²) in [4.78, 5) is 12.0. The third-order valence-electron chi connectivity index (χ3n) is 3.37. The van der Waals surface area contributed by atoms with Gasteiger partial charge in [0.05, 0.1) is 12.0 Å². The van der Waals surface area contributed by atoms with Crippen molar-refractivity contribution in [1.29, 1.82) is 0 Å². The van der Waals surface area contributed by atoms with E-state index in [2.05, 4.69) is 15.4 Å². The average molecular weight is 321 g/mol. The van der Waals surface area contributed by atoms with E-state index in [4.69, 9.17) is 0 Å². The number of carbonyl (C=O) groups excluding carboxylic acids is 1. The Morgan fingerprint density at radius 2 is 2.24 bits per heavy atom. The zero-order valence-electron chi connectivity index (χ0n) is 11.6.